The van der Waals surface area contributed by atoms with Gasteiger partial charge in [-0.15, -0.1) is 0 Å². The standard InChI is InChI=1S/C33H34O4/c1-5-13-26(14-6-1)22-34-25-32-33(36-24-28-17-9-3-10-18-28)31(35-23-27-15-7-2-8-16-27)21-30(37-32)29-19-11-4-12-20-29/h1-20,30-33H,21-25H2. The van der Waals surface area contributed by atoms with Crippen LogP contribution < -0.4 is 0 Å². The van der Waals surface area contributed by atoms with Crippen molar-refractivity contribution in [2.75, 3.05) is 6.61 Å². The first-order valence-corrected chi connectivity index (χ1v) is 13.0. The minimum absolute atomic E-state index is 0.0936. The molecule has 190 valence electrons. The zero-order valence-electron chi connectivity index (χ0n) is 21.0. The van der Waals surface area contributed by atoms with E-state index < -0.39 is 0 Å². The molecule has 1 heterocycles. The minimum atomic E-state index is -0.271. The molecule has 1 fully saturated rings. The van der Waals surface area contributed by atoms with Gasteiger partial charge in [-0.25, -0.2) is 0 Å². The molecular weight excluding hydrogens is 460 g/mol. The van der Waals surface area contributed by atoms with Crippen LogP contribution in [-0.4, -0.2) is 24.9 Å². The van der Waals surface area contributed by atoms with E-state index in [4.69, 9.17) is 18.9 Å². The van der Waals surface area contributed by atoms with Crippen molar-refractivity contribution in [3.8, 4) is 0 Å². The van der Waals surface area contributed by atoms with E-state index in [-0.39, 0.29) is 24.4 Å². The number of hydrogen-bond acceptors (Lipinski definition) is 4. The van der Waals surface area contributed by atoms with E-state index in [0.717, 1.165) is 22.3 Å². The smallest absolute Gasteiger partial charge is 0.113 e. The van der Waals surface area contributed by atoms with E-state index in [0.29, 0.717) is 32.8 Å². The molecule has 4 aromatic rings. The lowest BCUT2D eigenvalue weighted by Gasteiger charge is -2.41. The Morgan fingerprint density at radius 1 is 0.568 bits per heavy atom. The first kappa shape index (κ1) is 25.4. The Morgan fingerprint density at radius 3 is 1.62 bits per heavy atom. The van der Waals surface area contributed by atoms with Crippen LogP contribution in [0.25, 0.3) is 0 Å². The molecule has 4 atom stereocenters. The van der Waals surface area contributed by atoms with Gasteiger partial charge in [0.1, 0.15) is 12.2 Å². The highest BCUT2D eigenvalue weighted by Crippen LogP contribution is 2.35. The van der Waals surface area contributed by atoms with Crippen LogP contribution in [0.2, 0.25) is 0 Å². The highest BCUT2D eigenvalue weighted by atomic mass is 16.6. The van der Waals surface area contributed by atoms with E-state index in [1.54, 1.807) is 0 Å². The third kappa shape index (κ3) is 7.37. The van der Waals surface area contributed by atoms with Crippen molar-refractivity contribution in [2.24, 2.45) is 0 Å². The Hall–Kier alpha value is -3.28. The maximum Gasteiger partial charge on any atom is 0.113 e. The number of rotatable bonds is 11. The maximum atomic E-state index is 6.66. The van der Waals surface area contributed by atoms with Gasteiger partial charge in [0.15, 0.2) is 0 Å². The highest BCUT2D eigenvalue weighted by Gasteiger charge is 2.41. The van der Waals surface area contributed by atoms with E-state index >= 15 is 0 Å². The molecule has 1 aliphatic heterocycles. The molecule has 0 N–H and O–H groups in total. The first-order valence-electron chi connectivity index (χ1n) is 13.0. The average molecular weight is 495 g/mol. The van der Waals surface area contributed by atoms with Crippen molar-refractivity contribution < 1.29 is 18.9 Å². The lowest BCUT2D eigenvalue weighted by molar-refractivity contribution is -0.222. The van der Waals surface area contributed by atoms with Gasteiger partial charge in [-0.3, -0.25) is 0 Å². The van der Waals surface area contributed by atoms with Gasteiger partial charge in [0.25, 0.3) is 0 Å². The second-order valence-corrected chi connectivity index (χ2v) is 9.41. The number of benzene rings is 4. The molecule has 4 unspecified atom stereocenters. The Kier molecular flexibility index (Phi) is 9.13. The molecule has 1 saturated heterocycles. The normalized spacial score (nSPS) is 21.5. The third-order valence-electron chi connectivity index (χ3n) is 6.68. The van der Waals surface area contributed by atoms with Crippen molar-refractivity contribution in [1.82, 2.24) is 0 Å². The third-order valence-corrected chi connectivity index (χ3v) is 6.68. The summed E-state index contributed by atoms with van der Waals surface area (Å²) in [5, 5.41) is 0. The molecule has 4 heteroatoms. The Balaban J connectivity index is 1.35. The summed E-state index contributed by atoms with van der Waals surface area (Å²) in [6, 6.07) is 41.1. The van der Waals surface area contributed by atoms with Gasteiger partial charge in [-0.1, -0.05) is 121 Å². The van der Waals surface area contributed by atoms with Crippen LogP contribution in [0.5, 0.6) is 0 Å². The predicted molar refractivity (Wildman–Crippen MR) is 145 cm³/mol. The van der Waals surface area contributed by atoms with Crippen molar-refractivity contribution in [3.05, 3.63) is 144 Å². The molecule has 0 amide bonds. The topological polar surface area (TPSA) is 36.9 Å². The first-order chi connectivity index (χ1) is 18.3. The van der Waals surface area contributed by atoms with Gasteiger partial charge in [0.05, 0.1) is 38.6 Å². The van der Waals surface area contributed by atoms with Gasteiger partial charge < -0.3 is 18.9 Å². The van der Waals surface area contributed by atoms with E-state index in [1.165, 1.54) is 0 Å². The van der Waals surface area contributed by atoms with Gasteiger partial charge >= 0.3 is 0 Å². The summed E-state index contributed by atoms with van der Waals surface area (Å²) in [5.74, 6) is 0. The lowest BCUT2D eigenvalue weighted by Crippen LogP contribution is -2.50. The quantitative estimate of drug-likeness (QED) is 0.227. The van der Waals surface area contributed by atoms with Crippen molar-refractivity contribution in [2.45, 2.75) is 50.7 Å². The van der Waals surface area contributed by atoms with Crippen LogP contribution in [0, 0.1) is 0 Å². The molecule has 4 aromatic carbocycles. The average Bonchev–Trinajstić information content (AvgIpc) is 2.97. The predicted octanol–water partition coefficient (Wildman–Crippen LogP) is 6.90. The molecular formula is C33H34O4. The summed E-state index contributed by atoms with van der Waals surface area (Å²) in [4.78, 5) is 0. The van der Waals surface area contributed by atoms with Crippen molar-refractivity contribution in [1.29, 1.82) is 0 Å². The van der Waals surface area contributed by atoms with Crippen LogP contribution in [0.1, 0.15) is 34.8 Å². The van der Waals surface area contributed by atoms with E-state index in [9.17, 15) is 0 Å². The summed E-state index contributed by atoms with van der Waals surface area (Å²) in [6.45, 7) is 1.96. The van der Waals surface area contributed by atoms with E-state index in [2.05, 4.69) is 60.7 Å². The fourth-order valence-electron chi connectivity index (χ4n) is 4.73. The molecule has 5 rings (SSSR count). The van der Waals surface area contributed by atoms with Crippen LogP contribution >= 0.6 is 0 Å². The molecule has 0 bridgehead atoms. The molecule has 0 saturated carbocycles. The number of ether oxygens (including phenoxy) is 4. The van der Waals surface area contributed by atoms with E-state index in [1.807, 2.05) is 60.7 Å². The van der Waals surface area contributed by atoms with Crippen molar-refractivity contribution in [3.63, 3.8) is 0 Å². The zero-order valence-corrected chi connectivity index (χ0v) is 21.0. The molecule has 1 aliphatic rings. The summed E-state index contributed by atoms with van der Waals surface area (Å²) in [6.07, 6.45) is -0.0604. The maximum absolute atomic E-state index is 6.66. The Labute approximate surface area is 219 Å². The van der Waals surface area contributed by atoms with Crippen molar-refractivity contribution >= 4 is 0 Å². The summed E-state index contributed by atoms with van der Waals surface area (Å²) in [7, 11) is 0. The molecule has 0 spiro atoms. The van der Waals surface area contributed by atoms with Crippen LogP contribution in [0.3, 0.4) is 0 Å². The van der Waals surface area contributed by atoms with Crippen LogP contribution in [0.4, 0.5) is 0 Å². The monoisotopic (exact) mass is 494 g/mol. The second-order valence-electron chi connectivity index (χ2n) is 9.41. The molecule has 0 aliphatic carbocycles. The zero-order chi connectivity index (χ0) is 25.1. The van der Waals surface area contributed by atoms with Gasteiger partial charge in [0.2, 0.25) is 0 Å². The molecule has 4 nitrogen and oxygen atoms in total. The highest BCUT2D eigenvalue weighted by molar-refractivity contribution is 5.20. The van der Waals surface area contributed by atoms with Gasteiger partial charge in [-0.05, 0) is 22.3 Å². The minimum Gasteiger partial charge on any atom is -0.374 e. The molecule has 0 aromatic heterocycles. The van der Waals surface area contributed by atoms with Gasteiger partial charge in [-0.2, -0.15) is 0 Å². The Bertz CT molecular complexity index is 1170. The van der Waals surface area contributed by atoms with Gasteiger partial charge in [0, 0.05) is 6.42 Å². The Morgan fingerprint density at radius 2 is 1.05 bits per heavy atom. The largest absolute Gasteiger partial charge is 0.374 e. The summed E-state index contributed by atoms with van der Waals surface area (Å²) in [5.41, 5.74) is 4.55. The SMILES string of the molecule is c1ccc(COCC2OC(c3ccccc3)CC(OCc3ccccc3)C2OCc2ccccc2)cc1. The summed E-state index contributed by atoms with van der Waals surface area (Å²) < 4.78 is 25.9. The number of hydrogen-bond donors (Lipinski definition) is 0. The van der Waals surface area contributed by atoms with Crippen LogP contribution in [0.15, 0.2) is 121 Å². The molecule has 37 heavy (non-hydrogen) atoms. The fourth-order valence-corrected chi connectivity index (χ4v) is 4.73. The fraction of sp³-hybridized carbons (Fsp3) is 0.273. The summed E-state index contributed by atoms with van der Waals surface area (Å²) >= 11 is 0. The second kappa shape index (κ2) is 13.3. The van der Waals surface area contributed by atoms with Crippen LogP contribution in [-0.2, 0) is 38.8 Å². The lowest BCUT2D eigenvalue weighted by atomic mass is 9.93. The molecule has 0 radical (unpaired) electrons.